The Hall–Kier alpha value is -3.09. The van der Waals surface area contributed by atoms with E-state index < -0.39 is 10.8 Å². The van der Waals surface area contributed by atoms with Crippen molar-refractivity contribution in [3.05, 3.63) is 64.2 Å². The maximum atomic E-state index is 11.9. The summed E-state index contributed by atoms with van der Waals surface area (Å²) in [6, 6.07) is 13.0. The van der Waals surface area contributed by atoms with Gasteiger partial charge in [0.2, 0.25) is 0 Å². The zero-order chi connectivity index (χ0) is 15.9. The summed E-state index contributed by atoms with van der Waals surface area (Å²) in [5, 5.41) is 13.4. The Balaban J connectivity index is 1.88. The van der Waals surface area contributed by atoms with Crippen molar-refractivity contribution in [2.24, 2.45) is 0 Å². The molecule has 2 aromatic rings. The van der Waals surface area contributed by atoms with Gasteiger partial charge in [0.25, 0.3) is 11.6 Å². The summed E-state index contributed by atoms with van der Waals surface area (Å²) < 4.78 is 5.43. The second kappa shape index (κ2) is 7.07. The number of nitrogen functional groups attached to an aromatic ring is 1. The zero-order valence-corrected chi connectivity index (χ0v) is 11.7. The Morgan fingerprint density at radius 1 is 1.23 bits per heavy atom. The fraction of sp³-hybridized carbons (Fsp3) is 0.133. The second-order valence-electron chi connectivity index (χ2n) is 4.49. The van der Waals surface area contributed by atoms with Crippen LogP contribution >= 0.6 is 0 Å². The van der Waals surface area contributed by atoms with Crippen LogP contribution in [0.5, 0.6) is 5.75 Å². The number of hydrogen-bond donors (Lipinski definition) is 2. The molecule has 0 radical (unpaired) electrons. The number of nitro groups is 1. The number of amides is 1. The molecule has 7 nitrogen and oxygen atoms in total. The Labute approximate surface area is 126 Å². The molecule has 2 aromatic carbocycles. The molecule has 2 rings (SSSR count). The molecule has 7 heteroatoms. The normalized spacial score (nSPS) is 10.0. The van der Waals surface area contributed by atoms with Crippen LogP contribution in [-0.2, 0) is 0 Å². The third-order valence-corrected chi connectivity index (χ3v) is 2.81. The van der Waals surface area contributed by atoms with Gasteiger partial charge in [0.1, 0.15) is 12.4 Å². The predicted octanol–water partition coefficient (Wildman–Crippen LogP) is 1.99. The number of carbonyl (C=O) groups excluding carboxylic acids is 1. The molecule has 0 bridgehead atoms. The molecule has 0 atom stereocenters. The minimum Gasteiger partial charge on any atom is -0.492 e. The first-order valence-corrected chi connectivity index (χ1v) is 6.57. The van der Waals surface area contributed by atoms with Gasteiger partial charge in [-0.2, -0.15) is 0 Å². The molecule has 0 saturated heterocycles. The van der Waals surface area contributed by atoms with Crippen LogP contribution in [0.1, 0.15) is 10.4 Å². The van der Waals surface area contributed by atoms with E-state index in [4.69, 9.17) is 10.5 Å². The average Bonchev–Trinajstić information content (AvgIpc) is 2.51. The van der Waals surface area contributed by atoms with Crippen molar-refractivity contribution in [1.82, 2.24) is 5.32 Å². The largest absolute Gasteiger partial charge is 0.492 e. The number of benzene rings is 2. The molecule has 0 fully saturated rings. The highest BCUT2D eigenvalue weighted by Gasteiger charge is 2.13. The molecule has 0 saturated carbocycles. The van der Waals surface area contributed by atoms with Crippen LogP contribution in [0.15, 0.2) is 48.5 Å². The summed E-state index contributed by atoms with van der Waals surface area (Å²) in [5.74, 6) is 0.267. The van der Waals surface area contributed by atoms with Crippen LogP contribution in [0.4, 0.5) is 11.4 Å². The van der Waals surface area contributed by atoms with E-state index in [9.17, 15) is 14.9 Å². The molecular formula is C15H15N3O4. The van der Waals surface area contributed by atoms with E-state index in [1.807, 2.05) is 30.3 Å². The number of hydrogen-bond acceptors (Lipinski definition) is 5. The molecule has 0 spiro atoms. The van der Waals surface area contributed by atoms with E-state index in [0.717, 1.165) is 0 Å². The lowest BCUT2D eigenvalue weighted by Crippen LogP contribution is -2.28. The summed E-state index contributed by atoms with van der Waals surface area (Å²) in [6.45, 7) is 0.566. The van der Waals surface area contributed by atoms with E-state index in [-0.39, 0.29) is 23.5 Å². The summed E-state index contributed by atoms with van der Waals surface area (Å²) >= 11 is 0. The Morgan fingerprint density at radius 3 is 2.64 bits per heavy atom. The molecule has 0 aliphatic carbocycles. The van der Waals surface area contributed by atoms with Gasteiger partial charge in [-0.15, -0.1) is 0 Å². The van der Waals surface area contributed by atoms with Crippen LogP contribution in [0.2, 0.25) is 0 Å². The van der Waals surface area contributed by atoms with Gasteiger partial charge in [-0.25, -0.2) is 0 Å². The molecular weight excluding hydrogens is 286 g/mol. The summed E-state index contributed by atoms with van der Waals surface area (Å²) in [4.78, 5) is 22.1. The van der Waals surface area contributed by atoms with Crippen molar-refractivity contribution in [3.63, 3.8) is 0 Å². The van der Waals surface area contributed by atoms with E-state index >= 15 is 0 Å². The monoisotopic (exact) mass is 301 g/mol. The van der Waals surface area contributed by atoms with Crippen LogP contribution < -0.4 is 15.8 Å². The Kier molecular flexibility index (Phi) is 4.92. The molecule has 0 aliphatic heterocycles. The van der Waals surface area contributed by atoms with Gasteiger partial charge in [0.05, 0.1) is 11.5 Å². The maximum Gasteiger partial charge on any atom is 0.272 e. The number of rotatable bonds is 6. The molecule has 22 heavy (non-hydrogen) atoms. The number of nitrogens with two attached hydrogens (primary N) is 1. The predicted molar refractivity (Wildman–Crippen MR) is 81.8 cm³/mol. The number of carbonyl (C=O) groups is 1. The highest BCUT2D eigenvalue weighted by molar-refractivity contribution is 5.95. The van der Waals surface area contributed by atoms with Gasteiger partial charge in [0, 0.05) is 23.4 Å². The lowest BCUT2D eigenvalue weighted by atomic mass is 10.1. The first-order valence-electron chi connectivity index (χ1n) is 6.57. The maximum absolute atomic E-state index is 11.9. The smallest absolute Gasteiger partial charge is 0.272 e. The fourth-order valence-electron chi connectivity index (χ4n) is 1.82. The number of ether oxygens (including phenoxy) is 1. The molecule has 0 heterocycles. The Bertz CT molecular complexity index is 674. The first kappa shape index (κ1) is 15.3. The molecule has 0 aliphatic rings. The summed E-state index contributed by atoms with van der Waals surface area (Å²) in [6.07, 6.45) is 0. The van der Waals surface area contributed by atoms with Crippen LogP contribution in [0.3, 0.4) is 0 Å². The van der Waals surface area contributed by atoms with Crippen molar-refractivity contribution < 1.29 is 14.5 Å². The highest BCUT2D eigenvalue weighted by atomic mass is 16.6. The standard InChI is InChI=1S/C15H15N3O4/c16-12-8-11(9-13(10-12)18(20)21)15(19)17-6-7-22-14-4-2-1-3-5-14/h1-5,8-10H,6-7,16H2,(H,17,19). The number of anilines is 1. The van der Waals surface area contributed by atoms with Crippen molar-refractivity contribution in [3.8, 4) is 5.75 Å². The third-order valence-electron chi connectivity index (χ3n) is 2.81. The van der Waals surface area contributed by atoms with Crippen LogP contribution in [-0.4, -0.2) is 24.0 Å². The number of nitrogens with zero attached hydrogens (tertiary/aromatic N) is 1. The molecule has 1 amide bonds. The van der Waals surface area contributed by atoms with Gasteiger partial charge >= 0.3 is 0 Å². The lowest BCUT2D eigenvalue weighted by molar-refractivity contribution is -0.384. The lowest BCUT2D eigenvalue weighted by Gasteiger charge is -2.08. The van der Waals surface area contributed by atoms with Crippen molar-refractivity contribution in [2.75, 3.05) is 18.9 Å². The van der Waals surface area contributed by atoms with E-state index in [0.29, 0.717) is 12.4 Å². The van der Waals surface area contributed by atoms with Gasteiger partial charge in [-0.1, -0.05) is 18.2 Å². The molecule has 0 aromatic heterocycles. The SMILES string of the molecule is Nc1cc(C(=O)NCCOc2ccccc2)cc([N+](=O)[O-])c1. The average molecular weight is 301 g/mol. The quantitative estimate of drug-likeness (QED) is 0.367. The fourth-order valence-corrected chi connectivity index (χ4v) is 1.82. The minimum absolute atomic E-state index is 0.145. The topological polar surface area (TPSA) is 107 Å². The molecule has 114 valence electrons. The van der Waals surface area contributed by atoms with Crippen molar-refractivity contribution in [1.29, 1.82) is 0 Å². The molecule has 3 N–H and O–H groups in total. The molecule has 0 unspecified atom stereocenters. The number of non-ortho nitro benzene ring substituents is 1. The first-order chi connectivity index (χ1) is 10.6. The van der Waals surface area contributed by atoms with Crippen molar-refractivity contribution >= 4 is 17.3 Å². The van der Waals surface area contributed by atoms with Crippen LogP contribution in [0, 0.1) is 10.1 Å². The van der Waals surface area contributed by atoms with E-state index in [1.165, 1.54) is 18.2 Å². The van der Waals surface area contributed by atoms with Crippen LogP contribution in [0.25, 0.3) is 0 Å². The van der Waals surface area contributed by atoms with Gasteiger partial charge in [-0.05, 0) is 18.2 Å². The second-order valence-corrected chi connectivity index (χ2v) is 4.49. The third kappa shape index (κ3) is 4.20. The van der Waals surface area contributed by atoms with E-state index in [2.05, 4.69) is 5.32 Å². The highest BCUT2D eigenvalue weighted by Crippen LogP contribution is 2.18. The zero-order valence-electron chi connectivity index (χ0n) is 11.7. The van der Waals surface area contributed by atoms with Gasteiger partial charge in [-0.3, -0.25) is 14.9 Å². The Morgan fingerprint density at radius 2 is 1.95 bits per heavy atom. The van der Waals surface area contributed by atoms with Gasteiger partial charge < -0.3 is 15.8 Å². The number of para-hydroxylation sites is 1. The number of nitro benzene ring substituents is 1. The van der Waals surface area contributed by atoms with Crippen molar-refractivity contribution in [2.45, 2.75) is 0 Å². The van der Waals surface area contributed by atoms with Gasteiger partial charge in [0.15, 0.2) is 0 Å². The van der Waals surface area contributed by atoms with E-state index in [1.54, 1.807) is 0 Å². The number of nitrogens with one attached hydrogen (secondary N) is 1. The summed E-state index contributed by atoms with van der Waals surface area (Å²) in [5.41, 5.74) is 5.65. The summed E-state index contributed by atoms with van der Waals surface area (Å²) in [7, 11) is 0. The minimum atomic E-state index is -0.592.